The molecule has 0 aliphatic carbocycles. The fraction of sp³-hybridized carbons (Fsp3) is 0.280. The van der Waals surface area contributed by atoms with Gasteiger partial charge in [-0.3, -0.25) is 9.59 Å². The Labute approximate surface area is 214 Å². The first-order chi connectivity index (χ1) is 16.8. The highest BCUT2D eigenvalue weighted by molar-refractivity contribution is 6.33. The molecule has 0 unspecified atom stereocenters. The number of likely N-dealkylation sites (tertiary alicyclic amines) is 1. The Balaban J connectivity index is 1.49. The molecule has 0 spiro atoms. The van der Waals surface area contributed by atoms with E-state index < -0.39 is 5.91 Å². The van der Waals surface area contributed by atoms with Gasteiger partial charge in [0.1, 0.15) is 11.6 Å². The Hall–Kier alpha value is -3.36. The molecule has 2 amide bonds. The summed E-state index contributed by atoms with van der Waals surface area (Å²) in [6, 6.07) is 11.9. The van der Waals surface area contributed by atoms with E-state index in [1.807, 2.05) is 11.0 Å². The van der Waals surface area contributed by atoms with E-state index in [0.717, 1.165) is 31.5 Å². The fourth-order valence-corrected chi connectivity index (χ4v) is 4.57. The number of carbonyl (C=O) groups is 2. The highest BCUT2D eigenvalue weighted by atomic mass is 35.5. The molecule has 184 valence electrons. The van der Waals surface area contributed by atoms with Crippen LogP contribution in [0.5, 0.6) is 0 Å². The van der Waals surface area contributed by atoms with Crippen molar-refractivity contribution in [2.75, 3.05) is 26.2 Å². The largest absolute Gasteiger partial charge is 0.385 e. The molecule has 4 rings (SSSR count). The van der Waals surface area contributed by atoms with E-state index in [1.54, 1.807) is 47.4 Å². The number of carbonyl (C=O) groups excluding carboxylic acids is 2. The Morgan fingerprint density at radius 2 is 1.80 bits per heavy atom. The zero-order valence-corrected chi connectivity index (χ0v) is 20.7. The van der Waals surface area contributed by atoms with E-state index in [1.165, 1.54) is 0 Å². The van der Waals surface area contributed by atoms with Crippen molar-refractivity contribution >= 4 is 35.0 Å². The SMILES string of the molecule is NC1=C(/C=C(\N)NC(=O)c2cccc(C(=O)N3CCCC3)c2)N(Cc2cc(Cl)ccc2Cl)CCN1. The number of hydrogen-bond acceptors (Lipinski definition) is 6. The molecule has 0 atom stereocenters. The molecule has 8 nitrogen and oxygen atoms in total. The van der Waals surface area contributed by atoms with Crippen LogP contribution in [-0.2, 0) is 6.54 Å². The number of halogens is 2. The Morgan fingerprint density at radius 3 is 2.57 bits per heavy atom. The molecule has 0 saturated carbocycles. The second kappa shape index (κ2) is 10.9. The van der Waals surface area contributed by atoms with Crippen LogP contribution in [0.2, 0.25) is 10.0 Å². The van der Waals surface area contributed by atoms with Gasteiger partial charge in [0.2, 0.25) is 0 Å². The minimum atomic E-state index is -0.415. The average molecular weight is 515 g/mol. The van der Waals surface area contributed by atoms with Crippen LogP contribution in [0.25, 0.3) is 0 Å². The van der Waals surface area contributed by atoms with Crippen LogP contribution in [0.4, 0.5) is 0 Å². The van der Waals surface area contributed by atoms with Crippen LogP contribution in [0.15, 0.2) is 65.9 Å². The van der Waals surface area contributed by atoms with Crippen molar-refractivity contribution in [1.82, 2.24) is 20.4 Å². The van der Waals surface area contributed by atoms with Crippen LogP contribution in [-0.4, -0.2) is 47.8 Å². The zero-order chi connectivity index (χ0) is 24.9. The normalized spacial score (nSPS) is 16.3. The lowest BCUT2D eigenvalue weighted by Gasteiger charge is -2.32. The molecule has 2 aromatic rings. The molecule has 2 heterocycles. The number of hydrogen-bond donors (Lipinski definition) is 4. The first kappa shape index (κ1) is 24.8. The summed E-state index contributed by atoms with van der Waals surface area (Å²) in [6.07, 6.45) is 3.61. The third-order valence-electron chi connectivity index (χ3n) is 6.00. The minimum absolute atomic E-state index is 0.0674. The Bertz CT molecular complexity index is 1190. The first-order valence-corrected chi connectivity index (χ1v) is 12.2. The quantitative estimate of drug-likeness (QED) is 0.470. The number of nitrogens with two attached hydrogens (primary N) is 2. The van der Waals surface area contributed by atoms with Gasteiger partial charge in [-0.1, -0.05) is 29.3 Å². The molecule has 0 aromatic heterocycles. The summed E-state index contributed by atoms with van der Waals surface area (Å²) < 4.78 is 0. The predicted molar refractivity (Wildman–Crippen MR) is 137 cm³/mol. The van der Waals surface area contributed by atoms with Crippen molar-refractivity contribution in [3.63, 3.8) is 0 Å². The van der Waals surface area contributed by atoms with E-state index in [0.29, 0.717) is 52.3 Å². The minimum Gasteiger partial charge on any atom is -0.385 e. The Kier molecular flexibility index (Phi) is 7.73. The lowest BCUT2D eigenvalue weighted by molar-refractivity contribution is 0.0793. The fourth-order valence-electron chi connectivity index (χ4n) is 4.19. The molecule has 0 bridgehead atoms. The van der Waals surface area contributed by atoms with Crippen LogP contribution in [0, 0.1) is 0 Å². The molecule has 10 heteroatoms. The van der Waals surface area contributed by atoms with Crippen LogP contribution < -0.4 is 22.1 Å². The maximum atomic E-state index is 12.9. The maximum Gasteiger partial charge on any atom is 0.256 e. The standard InChI is InChI=1S/C25H28Cl2N6O2/c26-19-6-7-20(27)18(13-19)15-33-11-8-30-23(29)21(33)14-22(28)31-24(34)16-4-3-5-17(12-16)25(35)32-9-1-2-10-32/h3-7,12-14,30H,1-2,8-11,15,28-29H2,(H,31,34)/b22-14+. The molecule has 1 saturated heterocycles. The van der Waals surface area contributed by atoms with E-state index in [9.17, 15) is 9.59 Å². The third kappa shape index (κ3) is 6.01. The topological polar surface area (TPSA) is 117 Å². The summed E-state index contributed by atoms with van der Waals surface area (Å²) in [6.45, 7) is 3.25. The van der Waals surface area contributed by atoms with E-state index >= 15 is 0 Å². The molecule has 2 aromatic carbocycles. The summed E-state index contributed by atoms with van der Waals surface area (Å²) in [5.74, 6) is 0.0734. The van der Waals surface area contributed by atoms with Crippen LogP contribution >= 0.6 is 23.2 Å². The van der Waals surface area contributed by atoms with Gasteiger partial charge in [0, 0.05) is 60.0 Å². The smallest absolute Gasteiger partial charge is 0.256 e. The average Bonchev–Trinajstić information content (AvgIpc) is 3.38. The highest BCUT2D eigenvalue weighted by Crippen LogP contribution is 2.25. The van der Waals surface area contributed by atoms with Gasteiger partial charge in [-0.05, 0) is 54.8 Å². The molecule has 1 fully saturated rings. The molecule has 2 aliphatic heterocycles. The van der Waals surface area contributed by atoms with E-state index in [4.69, 9.17) is 34.7 Å². The molecule has 2 aliphatic rings. The number of nitrogens with zero attached hydrogens (tertiary/aromatic N) is 2. The highest BCUT2D eigenvalue weighted by Gasteiger charge is 2.21. The third-order valence-corrected chi connectivity index (χ3v) is 6.60. The number of rotatable bonds is 6. The van der Waals surface area contributed by atoms with Gasteiger partial charge in [-0.2, -0.15) is 0 Å². The summed E-state index contributed by atoms with van der Waals surface area (Å²) in [5, 5.41) is 6.99. The van der Waals surface area contributed by atoms with Gasteiger partial charge >= 0.3 is 0 Å². The van der Waals surface area contributed by atoms with Gasteiger partial charge in [0.25, 0.3) is 11.8 Å². The summed E-state index contributed by atoms with van der Waals surface area (Å²) >= 11 is 12.5. The number of nitrogens with one attached hydrogen (secondary N) is 2. The van der Waals surface area contributed by atoms with Crippen LogP contribution in [0.1, 0.15) is 39.1 Å². The summed E-state index contributed by atoms with van der Waals surface area (Å²) in [4.78, 5) is 29.4. The lowest BCUT2D eigenvalue weighted by Crippen LogP contribution is -2.41. The maximum absolute atomic E-state index is 12.9. The summed E-state index contributed by atoms with van der Waals surface area (Å²) in [5.41, 5.74) is 14.7. The lowest BCUT2D eigenvalue weighted by atomic mass is 10.1. The first-order valence-electron chi connectivity index (χ1n) is 11.4. The van der Waals surface area contributed by atoms with E-state index in [2.05, 4.69) is 10.6 Å². The number of amides is 2. The van der Waals surface area contributed by atoms with Crippen molar-refractivity contribution in [2.45, 2.75) is 19.4 Å². The number of benzene rings is 2. The zero-order valence-electron chi connectivity index (χ0n) is 19.2. The molecule has 6 N–H and O–H groups in total. The van der Waals surface area contributed by atoms with Crippen LogP contribution in [0.3, 0.4) is 0 Å². The monoisotopic (exact) mass is 514 g/mol. The molecule has 35 heavy (non-hydrogen) atoms. The van der Waals surface area contributed by atoms with Gasteiger partial charge in [-0.25, -0.2) is 0 Å². The predicted octanol–water partition coefficient (Wildman–Crippen LogP) is 2.99. The van der Waals surface area contributed by atoms with Gasteiger partial charge in [-0.15, -0.1) is 0 Å². The second-order valence-corrected chi connectivity index (χ2v) is 9.36. The van der Waals surface area contributed by atoms with Crippen molar-refractivity contribution in [2.24, 2.45) is 11.5 Å². The second-order valence-electron chi connectivity index (χ2n) is 8.52. The van der Waals surface area contributed by atoms with Gasteiger partial charge in [0.15, 0.2) is 0 Å². The van der Waals surface area contributed by atoms with Crippen molar-refractivity contribution in [1.29, 1.82) is 0 Å². The molecule has 0 radical (unpaired) electrons. The van der Waals surface area contributed by atoms with Crippen molar-refractivity contribution < 1.29 is 9.59 Å². The van der Waals surface area contributed by atoms with Crippen molar-refractivity contribution in [3.05, 3.63) is 92.6 Å². The molecular formula is C25H28Cl2N6O2. The Morgan fingerprint density at radius 1 is 1.06 bits per heavy atom. The van der Waals surface area contributed by atoms with Gasteiger partial charge in [0.05, 0.1) is 5.70 Å². The van der Waals surface area contributed by atoms with Crippen molar-refractivity contribution in [3.8, 4) is 0 Å². The number of allylic oxidation sites excluding steroid dienone is 1. The summed E-state index contributed by atoms with van der Waals surface area (Å²) in [7, 11) is 0. The molecular weight excluding hydrogens is 487 g/mol. The van der Waals surface area contributed by atoms with Gasteiger partial charge < -0.3 is 31.9 Å². The van der Waals surface area contributed by atoms with E-state index in [-0.39, 0.29) is 11.7 Å².